The fraction of sp³-hybridized carbons (Fsp3) is 0.389. The molecule has 0 unspecified atom stereocenters. The highest BCUT2D eigenvalue weighted by molar-refractivity contribution is 7.09. The molecule has 0 saturated heterocycles. The number of benzene rings is 1. The van der Waals surface area contributed by atoms with Crippen LogP contribution in [0.3, 0.4) is 0 Å². The molecule has 1 aromatic carbocycles. The summed E-state index contributed by atoms with van der Waals surface area (Å²) >= 11 is 1.63. The number of carbonyl (C=O) groups is 2. The van der Waals surface area contributed by atoms with Gasteiger partial charge in [0.15, 0.2) is 5.78 Å². The number of thiazole rings is 1. The standard InChI is InChI=1S/C18H22N2O2S/c1-13-5-6-14(2)15(12-13)16(21)7-8-17(22)19-9-3-4-18-20-10-11-23-18/h5-6,10-12H,3-4,7-9H2,1-2H3,(H,19,22). The lowest BCUT2D eigenvalue weighted by Gasteiger charge is -2.07. The molecule has 0 aliphatic carbocycles. The number of Topliss-reactive ketones (excluding diaryl/α,β-unsaturated/α-hetero) is 1. The smallest absolute Gasteiger partial charge is 0.220 e. The minimum atomic E-state index is -0.0669. The number of hydrogen-bond donors (Lipinski definition) is 1. The fourth-order valence-corrected chi connectivity index (χ4v) is 2.99. The van der Waals surface area contributed by atoms with Crippen LogP contribution >= 0.6 is 11.3 Å². The number of amides is 1. The third-order valence-electron chi connectivity index (χ3n) is 3.65. The molecule has 0 spiro atoms. The van der Waals surface area contributed by atoms with Crippen molar-refractivity contribution in [1.82, 2.24) is 10.3 Å². The lowest BCUT2D eigenvalue weighted by Crippen LogP contribution is -2.25. The molecule has 0 fully saturated rings. The predicted octanol–water partition coefficient (Wildman–Crippen LogP) is 3.47. The Morgan fingerprint density at radius 1 is 1.22 bits per heavy atom. The van der Waals surface area contributed by atoms with Crippen LogP contribution in [0.15, 0.2) is 29.8 Å². The Kier molecular flexibility index (Phi) is 6.47. The van der Waals surface area contributed by atoms with Crippen LogP contribution in [0.4, 0.5) is 0 Å². The van der Waals surface area contributed by atoms with Crippen molar-refractivity contribution < 1.29 is 9.59 Å². The van der Waals surface area contributed by atoms with Crippen molar-refractivity contribution in [3.63, 3.8) is 0 Å². The lowest BCUT2D eigenvalue weighted by molar-refractivity contribution is -0.121. The number of aryl methyl sites for hydroxylation is 3. The van der Waals surface area contributed by atoms with Crippen LogP contribution < -0.4 is 5.32 Å². The summed E-state index contributed by atoms with van der Waals surface area (Å²) in [5, 5.41) is 5.90. The highest BCUT2D eigenvalue weighted by atomic mass is 32.1. The maximum atomic E-state index is 12.2. The number of ketones is 1. The number of nitrogens with one attached hydrogen (secondary N) is 1. The van der Waals surface area contributed by atoms with E-state index in [1.54, 1.807) is 17.5 Å². The van der Waals surface area contributed by atoms with Gasteiger partial charge in [-0.3, -0.25) is 9.59 Å². The predicted molar refractivity (Wildman–Crippen MR) is 92.9 cm³/mol. The van der Waals surface area contributed by atoms with Gasteiger partial charge in [-0.25, -0.2) is 4.98 Å². The Bertz CT molecular complexity index is 666. The highest BCUT2D eigenvalue weighted by Crippen LogP contribution is 2.13. The van der Waals surface area contributed by atoms with Crippen molar-refractivity contribution in [3.05, 3.63) is 51.5 Å². The average molecular weight is 330 g/mol. The molecule has 5 heteroatoms. The molecule has 0 saturated carbocycles. The third kappa shape index (κ3) is 5.60. The molecule has 1 heterocycles. The van der Waals surface area contributed by atoms with E-state index in [1.807, 2.05) is 37.4 Å². The second kappa shape index (κ2) is 8.58. The van der Waals surface area contributed by atoms with Crippen LogP contribution in [-0.2, 0) is 11.2 Å². The Morgan fingerprint density at radius 2 is 2.04 bits per heavy atom. The first kappa shape index (κ1) is 17.3. The van der Waals surface area contributed by atoms with E-state index in [0.717, 1.165) is 34.5 Å². The van der Waals surface area contributed by atoms with Crippen molar-refractivity contribution in [1.29, 1.82) is 0 Å². The molecule has 122 valence electrons. The van der Waals surface area contributed by atoms with Crippen LogP contribution in [0.2, 0.25) is 0 Å². The summed E-state index contributed by atoms with van der Waals surface area (Å²) in [7, 11) is 0. The normalized spacial score (nSPS) is 10.5. The van der Waals surface area contributed by atoms with Crippen LogP contribution in [0.25, 0.3) is 0 Å². The van der Waals surface area contributed by atoms with E-state index < -0.39 is 0 Å². The van der Waals surface area contributed by atoms with Crippen LogP contribution in [-0.4, -0.2) is 23.2 Å². The number of nitrogens with zero attached hydrogens (tertiary/aromatic N) is 1. The van der Waals surface area contributed by atoms with E-state index in [0.29, 0.717) is 6.54 Å². The summed E-state index contributed by atoms with van der Waals surface area (Å²) < 4.78 is 0. The minimum Gasteiger partial charge on any atom is -0.356 e. The molecule has 2 aromatic rings. The van der Waals surface area contributed by atoms with Gasteiger partial charge < -0.3 is 5.32 Å². The second-order valence-electron chi connectivity index (χ2n) is 5.62. The van der Waals surface area contributed by atoms with Gasteiger partial charge in [-0.05, 0) is 31.9 Å². The molecule has 0 atom stereocenters. The molecule has 1 aromatic heterocycles. The van der Waals surface area contributed by atoms with Crippen molar-refractivity contribution >= 4 is 23.0 Å². The molecule has 0 radical (unpaired) electrons. The SMILES string of the molecule is Cc1ccc(C)c(C(=O)CCC(=O)NCCCc2nccs2)c1. The molecule has 23 heavy (non-hydrogen) atoms. The quantitative estimate of drug-likeness (QED) is 0.595. The first-order valence-corrected chi connectivity index (χ1v) is 8.70. The van der Waals surface area contributed by atoms with Crippen LogP contribution in [0.1, 0.15) is 45.8 Å². The minimum absolute atomic E-state index is 0.0316. The number of hydrogen-bond acceptors (Lipinski definition) is 4. The third-order valence-corrected chi connectivity index (χ3v) is 4.49. The second-order valence-corrected chi connectivity index (χ2v) is 6.60. The molecular formula is C18H22N2O2S. The van der Waals surface area contributed by atoms with Gasteiger partial charge in [0.05, 0.1) is 5.01 Å². The summed E-state index contributed by atoms with van der Waals surface area (Å²) in [5.74, 6) is -0.0352. The summed E-state index contributed by atoms with van der Waals surface area (Å²) in [4.78, 5) is 28.2. The van der Waals surface area contributed by atoms with Crippen molar-refractivity contribution in [2.45, 2.75) is 39.5 Å². The zero-order valence-electron chi connectivity index (χ0n) is 13.6. The van der Waals surface area contributed by atoms with Gasteiger partial charge in [0.2, 0.25) is 5.91 Å². The number of rotatable bonds is 8. The average Bonchev–Trinajstić information content (AvgIpc) is 3.05. The fourth-order valence-electron chi connectivity index (χ4n) is 2.33. The van der Waals surface area contributed by atoms with Crippen molar-refractivity contribution in [3.8, 4) is 0 Å². The van der Waals surface area contributed by atoms with E-state index in [9.17, 15) is 9.59 Å². The van der Waals surface area contributed by atoms with E-state index in [4.69, 9.17) is 0 Å². The van der Waals surface area contributed by atoms with Crippen molar-refractivity contribution in [2.24, 2.45) is 0 Å². The Balaban J connectivity index is 1.69. The maximum absolute atomic E-state index is 12.2. The Labute approximate surface area is 141 Å². The van der Waals surface area contributed by atoms with Gasteiger partial charge in [0.1, 0.15) is 0 Å². The topological polar surface area (TPSA) is 59.1 Å². The van der Waals surface area contributed by atoms with E-state index in [2.05, 4.69) is 10.3 Å². The molecule has 0 aliphatic rings. The molecule has 0 bridgehead atoms. The Morgan fingerprint density at radius 3 is 2.78 bits per heavy atom. The maximum Gasteiger partial charge on any atom is 0.220 e. The van der Waals surface area contributed by atoms with Crippen LogP contribution in [0, 0.1) is 13.8 Å². The molecule has 0 aliphatic heterocycles. The first-order chi connectivity index (χ1) is 11.1. The van der Waals surface area contributed by atoms with Gasteiger partial charge in [-0.15, -0.1) is 11.3 Å². The van der Waals surface area contributed by atoms with Gasteiger partial charge in [0, 0.05) is 42.9 Å². The van der Waals surface area contributed by atoms with Gasteiger partial charge in [-0.1, -0.05) is 17.7 Å². The summed E-state index contributed by atoms with van der Waals surface area (Å²) in [6.45, 7) is 4.51. The molecule has 1 N–H and O–H groups in total. The van der Waals surface area contributed by atoms with Gasteiger partial charge in [0.25, 0.3) is 0 Å². The summed E-state index contributed by atoms with van der Waals surface area (Å²) in [6.07, 6.45) is 4.02. The molecule has 1 amide bonds. The van der Waals surface area contributed by atoms with E-state index >= 15 is 0 Å². The number of aromatic nitrogens is 1. The zero-order valence-corrected chi connectivity index (χ0v) is 14.4. The van der Waals surface area contributed by atoms with Crippen LogP contribution in [0.5, 0.6) is 0 Å². The van der Waals surface area contributed by atoms with E-state index in [1.165, 1.54) is 0 Å². The molecular weight excluding hydrogens is 308 g/mol. The summed E-state index contributed by atoms with van der Waals surface area (Å²) in [5.41, 5.74) is 2.75. The highest BCUT2D eigenvalue weighted by Gasteiger charge is 2.11. The van der Waals surface area contributed by atoms with E-state index in [-0.39, 0.29) is 24.5 Å². The zero-order chi connectivity index (χ0) is 16.7. The summed E-state index contributed by atoms with van der Waals surface area (Å²) in [6, 6.07) is 5.83. The first-order valence-electron chi connectivity index (χ1n) is 7.82. The molecule has 2 rings (SSSR count). The lowest BCUT2D eigenvalue weighted by atomic mass is 9.99. The monoisotopic (exact) mass is 330 g/mol. The number of carbonyl (C=O) groups excluding carboxylic acids is 2. The van der Waals surface area contributed by atoms with Crippen molar-refractivity contribution in [2.75, 3.05) is 6.54 Å². The molecule has 4 nitrogen and oxygen atoms in total. The largest absolute Gasteiger partial charge is 0.356 e. The van der Waals surface area contributed by atoms with Gasteiger partial charge in [-0.2, -0.15) is 0 Å². The van der Waals surface area contributed by atoms with Gasteiger partial charge >= 0.3 is 0 Å². The Hall–Kier alpha value is -2.01.